The van der Waals surface area contributed by atoms with Gasteiger partial charge >= 0.3 is 0 Å². The molecule has 0 unspecified atom stereocenters. The lowest BCUT2D eigenvalue weighted by atomic mass is 9.87. The van der Waals surface area contributed by atoms with E-state index in [-0.39, 0.29) is 0 Å². The van der Waals surface area contributed by atoms with E-state index in [1.54, 1.807) is 0 Å². The molecule has 2 heteroatoms. The lowest BCUT2D eigenvalue weighted by Crippen LogP contribution is -2.11. The van der Waals surface area contributed by atoms with E-state index in [0.29, 0.717) is 0 Å². The number of para-hydroxylation sites is 4. The lowest BCUT2D eigenvalue weighted by Gasteiger charge is -2.30. The molecule has 54 heavy (non-hydrogen) atoms. The van der Waals surface area contributed by atoms with Gasteiger partial charge in [0.15, 0.2) is 0 Å². The average molecular weight is 689 g/mol. The van der Waals surface area contributed by atoms with Gasteiger partial charge in [-0.15, -0.1) is 0 Å². The predicted molar refractivity (Wildman–Crippen MR) is 230 cm³/mol. The molecule has 10 aromatic carbocycles. The molecule has 2 nitrogen and oxygen atoms in total. The number of hydrogen-bond donors (Lipinski definition) is 0. The van der Waals surface area contributed by atoms with Crippen LogP contribution in [0.25, 0.3) is 54.6 Å². The molecule has 0 N–H and O–H groups in total. The third-order valence-electron chi connectivity index (χ3n) is 10.6. The summed E-state index contributed by atoms with van der Waals surface area (Å²) >= 11 is 0. The van der Waals surface area contributed by atoms with Crippen LogP contribution in [-0.2, 0) is 0 Å². The molecule has 10 aromatic rings. The summed E-state index contributed by atoms with van der Waals surface area (Å²) < 4.78 is 0. The maximum absolute atomic E-state index is 2.41. The molecule has 10 rings (SSSR count). The van der Waals surface area contributed by atoms with Crippen molar-refractivity contribution in [3.8, 4) is 22.3 Å². The van der Waals surface area contributed by atoms with E-state index in [4.69, 9.17) is 0 Å². The third-order valence-corrected chi connectivity index (χ3v) is 10.6. The van der Waals surface area contributed by atoms with Gasteiger partial charge in [0.2, 0.25) is 0 Å². The van der Waals surface area contributed by atoms with Crippen LogP contribution < -0.4 is 9.80 Å². The summed E-state index contributed by atoms with van der Waals surface area (Å²) in [6.45, 7) is 0. The molecule has 0 spiro atoms. The van der Waals surface area contributed by atoms with Gasteiger partial charge in [-0.3, -0.25) is 0 Å². The van der Waals surface area contributed by atoms with Crippen molar-refractivity contribution in [2.75, 3.05) is 9.80 Å². The maximum atomic E-state index is 2.41. The van der Waals surface area contributed by atoms with Gasteiger partial charge in [-0.05, 0) is 99.1 Å². The Hall–Kier alpha value is -7.16. The van der Waals surface area contributed by atoms with Crippen molar-refractivity contribution in [1.82, 2.24) is 0 Å². The van der Waals surface area contributed by atoms with E-state index in [2.05, 4.69) is 228 Å². The molecule has 254 valence electrons. The lowest BCUT2D eigenvalue weighted by molar-refractivity contribution is 1.30. The molecule has 0 aliphatic rings. The molecule has 0 amide bonds. The first kappa shape index (κ1) is 31.6. The molecular weight excluding hydrogens is 653 g/mol. The monoisotopic (exact) mass is 688 g/mol. The summed E-state index contributed by atoms with van der Waals surface area (Å²) in [6, 6.07) is 78.9. The van der Waals surface area contributed by atoms with E-state index in [9.17, 15) is 0 Å². The summed E-state index contributed by atoms with van der Waals surface area (Å²) in [5, 5.41) is 7.43. The molecule has 0 atom stereocenters. The Morgan fingerprint density at radius 1 is 0.259 bits per heavy atom. The summed E-state index contributed by atoms with van der Waals surface area (Å²) in [5.41, 5.74) is 11.6. The summed E-state index contributed by atoms with van der Waals surface area (Å²) in [4.78, 5) is 4.80. The van der Waals surface area contributed by atoms with Crippen LogP contribution in [0, 0.1) is 0 Å². The van der Waals surface area contributed by atoms with E-state index in [1.807, 2.05) is 0 Å². The predicted octanol–water partition coefficient (Wildman–Crippen LogP) is 14.9. The Kier molecular flexibility index (Phi) is 7.85. The van der Waals surface area contributed by atoms with E-state index in [1.165, 1.54) is 54.6 Å². The number of benzene rings is 10. The fourth-order valence-electron chi connectivity index (χ4n) is 8.12. The highest BCUT2D eigenvalue weighted by Crippen LogP contribution is 2.50. The van der Waals surface area contributed by atoms with E-state index >= 15 is 0 Å². The molecule has 0 bridgehead atoms. The third kappa shape index (κ3) is 5.44. The van der Waals surface area contributed by atoms with Crippen LogP contribution in [-0.4, -0.2) is 0 Å². The highest BCUT2D eigenvalue weighted by molar-refractivity contribution is 6.30. The van der Waals surface area contributed by atoms with Crippen molar-refractivity contribution in [2.24, 2.45) is 0 Å². The molecule has 0 saturated carbocycles. The van der Waals surface area contributed by atoms with Crippen molar-refractivity contribution < 1.29 is 0 Å². The second-order valence-electron chi connectivity index (χ2n) is 13.7. The Balaban J connectivity index is 1.29. The normalized spacial score (nSPS) is 11.3. The number of nitrogens with zero attached hydrogens (tertiary/aromatic N) is 2. The van der Waals surface area contributed by atoms with Crippen molar-refractivity contribution in [3.63, 3.8) is 0 Å². The molecule has 0 aliphatic carbocycles. The largest absolute Gasteiger partial charge is 0.310 e. The van der Waals surface area contributed by atoms with Gasteiger partial charge in [0.25, 0.3) is 0 Å². The van der Waals surface area contributed by atoms with Crippen molar-refractivity contribution in [2.45, 2.75) is 0 Å². The zero-order chi connectivity index (χ0) is 35.8. The van der Waals surface area contributed by atoms with E-state index in [0.717, 1.165) is 34.1 Å². The summed E-state index contributed by atoms with van der Waals surface area (Å²) in [7, 11) is 0. The number of anilines is 6. The van der Waals surface area contributed by atoms with Crippen LogP contribution in [0.4, 0.5) is 34.1 Å². The fourth-order valence-corrected chi connectivity index (χ4v) is 8.12. The number of rotatable bonds is 8. The second-order valence-corrected chi connectivity index (χ2v) is 13.7. The first-order valence-electron chi connectivity index (χ1n) is 18.5. The smallest absolute Gasteiger partial charge is 0.0546 e. The SMILES string of the molecule is c1ccc(-c2ccc(-c3cc(N(c4ccccc4)c4ccccc4)c4ccc5ccc(N(c6ccccc6)c6ccccc6)c6ccc3c4c56)cc2)cc1. The molecule has 0 radical (unpaired) electrons. The van der Waals surface area contributed by atoms with Crippen LogP contribution in [0.15, 0.2) is 218 Å². The number of hydrogen-bond acceptors (Lipinski definition) is 2. The molecule has 0 aliphatic heterocycles. The Labute approximate surface area is 315 Å². The molecule has 0 saturated heterocycles. The van der Waals surface area contributed by atoms with Crippen LogP contribution in [0.1, 0.15) is 0 Å². The van der Waals surface area contributed by atoms with Crippen LogP contribution in [0.3, 0.4) is 0 Å². The van der Waals surface area contributed by atoms with Gasteiger partial charge in [0.05, 0.1) is 11.4 Å². The topological polar surface area (TPSA) is 6.48 Å². The molecule has 0 heterocycles. The molecule has 0 fully saturated rings. The minimum absolute atomic E-state index is 1.11. The first-order valence-corrected chi connectivity index (χ1v) is 18.5. The highest BCUT2D eigenvalue weighted by Gasteiger charge is 2.23. The average Bonchev–Trinajstić information content (AvgIpc) is 3.25. The summed E-state index contributed by atoms with van der Waals surface area (Å²) in [5.74, 6) is 0. The Bertz CT molecular complexity index is 2760. The van der Waals surface area contributed by atoms with Gasteiger partial charge < -0.3 is 9.80 Å². The van der Waals surface area contributed by atoms with Crippen LogP contribution in [0.5, 0.6) is 0 Å². The van der Waals surface area contributed by atoms with Crippen LogP contribution >= 0.6 is 0 Å². The zero-order valence-corrected chi connectivity index (χ0v) is 29.7. The quantitative estimate of drug-likeness (QED) is 0.147. The molecule has 0 aromatic heterocycles. The van der Waals surface area contributed by atoms with Crippen LogP contribution in [0.2, 0.25) is 0 Å². The highest BCUT2D eigenvalue weighted by atomic mass is 15.1. The van der Waals surface area contributed by atoms with Gasteiger partial charge in [-0.1, -0.05) is 158 Å². The minimum atomic E-state index is 1.11. The minimum Gasteiger partial charge on any atom is -0.310 e. The van der Waals surface area contributed by atoms with Crippen molar-refractivity contribution in [3.05, 3.63) is 218 Å². The van der Waals surface area contributed by atoms with Gasteiger partial charge in [-0.2, -0.15) is 0 Å². The van der Waals surface area contributed by atoms with E-state index < -0.39 is 0 Å². The summed E-state index contributed by atoms with van der Waals surface area (Å²) in [6.07, 6.45) is 0. The van der Waals surface area contributed by atoms with Gasteiger partial charge in [-0.25, -0.2) is 0 Å². The fraction of sp³-hybridized carbons (Fsp3) is 0. The molecular formula is C52H36N2. The standard InChI is InChI=1S/C52H36N2/c1-6-16-37(17-7-1)38-26-28-39(29-27-38)48-36-50(54(43-22-12-4-13-23-43)44-24-14-5-15-25-44)47-32-30-40-31-35-49(46-34-33-45(48)52(47)51(40)46)53(41-18-8-2-9-19-41)42-20-10-3-11-21-42/h1-36H. The van der Waals surface area contributed by atoms with Crippen molar-refractivity contribution in [1.29, 1.82) is 0 Å². The van der Waals surface area contributed by atoms with Crippen molar-refractivity contribution >= 4 is 66.4 Å². The first-order chi connectivity index (χ1) is 26.8. The maximum Gasteiger partial charge on any atom is 0.0546 e. The Morgan fingerprint density at radius 3 is 1.19 bits per heavy atom. The zero-order valence-electron chi connectivity index (χ0n) is 29.7. The second kappa shape index (κ2) is 13.4. The Morgan fingerprint density at radius 2 is 0.648 bits per heavy atom. The van der Waals surface area contributed by atoms with Gasteiger partial charge in [0.1, 0.15) is 0 Å². The van der Waals surface area contributed by atoms with Gasteiger partial charge in [0, 0.05) is 38.9 Å².